The summed E-state index contributed by atoms with van der Waals surface area (Å²) in [6.45, 7) is 2.60. The number of hydrogen-bond acceptors (Lipinski definition) is 4. The van der Waals surface area contributed by atoms with E-state index >= 15 is 0 Å². The van der Waals surface area contributed by atoms with Crippen molar-refractivity contribution in [2.45, 2.75) is 19.8 Å². The predicted molar refractivity (Wildman–Crippen MR) is 118 cm³/mol. The zero-order valence-corrected chi connectivity index (χ0v) is 17.5. The second-order valence-electron chi connectivity index (χ2n) is 7.58. The van der Waals surface area contributed by atoms with Crippen molar-refractivity contribution in [1.29, 1.82) is 5.26 Å². The fourth-order valence-electron chi connectivity index (χ4n) is 3.93. The number of para-hydroxylation sites is 1. The number of nitrogens with zero attached hydrogens (tertiary/aromatic N) is 3. The summed E-state index contributed by atoms with van der Waals surface area (Å²) in [7, 11) is 1.57. The van der Waals surface area contributed by atoms with E-state index in [0.29, 0.717) is 35.5 Å². The number of rotatable bonds is 4. The second-order valence-corrected chi connectivity index (χ2v) is 7.58. The molecule has 1 N–H and O–H groups in total. The number of nitriles is 1. The van der Waals surface area contributed by atoms with Gasteiger partial charge in [-0.1, -0.05) is 24.3 Å². The smallest absolute Gasteiger partial charge is 0.269 e. The first kappa shape index (κ1) is 20.3. The Balaban J connectivity index is 1.64. The third kappa shape index (κ3) is 3.90. The lowest BCUT2D eigenvalue weighted by Gasteiger charge is -2.30. The van der Waals surface area contributed by atoms with E-state index in [4.69, 9.17) is 0 Å². The summed E-state index contributed by atoms with van der Waals surface area (Å²) in [5.41, 5.74) is 6.34. The Bertz CT molecular complexity index is 1210. The van der Waals surface area contributed by atoms with Crippen molar-refractivity contribution in [3.63, 3.8) is 0 Å². The summed E-state index contributed by atoms with van der Waals surface area (Å²) >= 11 is 0. The molecule has 0 radical (unpaired) electrons. The van der Waals surface area contributed by atoms with E-state index in [1.54, 1.807) is 36.3 Å². The van der Waals surface area contributed by atoms with Gasteiger partial charge in [-0.2, -0.15) is 5.26 Å². The molecule has 0 aliphatic carbocycles. The van der Waals surface area contributed by atoms with Gasteiger partial charge in [0.15, 0.2) is 0 Å². The molecule has 154 valence electrons. The normalized spacial score (nSPS) is 12.8. The zero-order valence-electron chi connectivity index (χ0n) is 17.5. The summed E-state index contributed by atoms with van der Waals surface area (Å²) in [5, 5.41) is 12.0. The molecule has 0 spiro atoms. The largest absolute Gasteiger partial charge is 0.354 e. The lowest BCUT2D eigenvalue weighted by Crippen LogP contribution is -2.38. The molecule has 6 nitrogen and oxygen atoms in total. The number of benzene rings is 2. The number of aromatic nitrogens is 1. The highest BCUT2D eigenvalue weighted by Crippen LogP contribution is 2.29. The van der Waals surface area contributed by atoms with Gasteiger partial charge < -0.3 is 10.2 Å². The van der Waals surface area contributed by atoms with Crippen LogP contribution in [-0.4, -0.2) is 30.4 Å². The molecule has 0 saturated heterocycles. The molecule has 0 fully saturated rings. The average Bonchev–Trinajstić information content (AvgIpc) is 2.80. The van der Waals surface area contributed by atoms with Crippen LogP contribution in [0.5, 0.6) is 0 Å². The first-order valence-electron chi connectivity index (χ1n) is 10.1. The minimum absolute atomic E-state index is 0.0849. The quantitative estimate of drug-likeness (QED) is 0.714. The van der Waals surface area contributed by atoms with E-state index < -0.39 is 0 Å². The zero-order chi connectivity index (χ0) is 22.0. The maximum Gasteiger partial charge on any atom is 0.269 e. The van der Waals surface area contributed by atoms with Gasteiger partial charge in [-0.05, 0) is 66.3 Å². The molecular formula is C25H22N4O2. The number of amides is 2. The van der Waals surface area contributed by atoms with Gasteiger partial charge in [0.05, 0.1) is 11.3 Å². The van der Waals surface area contributed by atoms with Crippen LogP contribution in [0.25, 0.3) is 0 Å². The molecule has 6 heteroatoms. The van der Waals surface area contributed by atoms with Gasteiger partial charge in [0.2, 0.25) is 0 Å². The van der Waals surface area contributed by atoms with Gasteiger partial charge in [-0.15, -0.1) is 0 Å². The average molecular weight is 410 g/mol. The Morgan fingerprint density at radius 1 is 1.23 bits per heavy atom. The van der Waals surface area contributed by atoms with Gasteiger partial charge in [0, 0.05) is 25.4 Å². The number of fused-ring (bicyclic) bond motifs is 1. The fraction of sp³-hybridized carbons (Fsp3) is 0.200. The topological polar surface area (TPSA) is 86.1 Å². The first-order chi connectivity index (χ1) is 15.0. The van der Waals surface area contributed by atoms with Crippen LogP contribution in [0.1, 0.15) is 48.7 Å². The third-order valence-corrected chi connectivity index (χ3v) is 5.64. The van der Waals surface area contributed by atoms with Crippen LogP contribution in [0.3, 0.4) is 0 Å². The highest BCUT2D eigenvalue weighted by molar-refractivity contribution is 6.09. The lowest BCUT2D eigenvalue weighted by atomic mass is 9.91. The number of pyridine rings is 1. The van der Waals surface area contributed by atoms with Crippen molar-refractivity contribution in [3.05, 3.63) is 93.8 Å². The molecule has 1 aliphatic heterocycles. The van der Waals surface area contributed by atoms with E-state index in [1.807, 2.05) is 31.2 Å². The third-order valence-electron chi connectivity index (χ3n) is 5.64. The summed E-state index contributed by atoms with van der Waals surface area (Å²) < 4.78 is 0. The van der Waals surface area contributed by atoms with E-state index in [9.17, 15) is 14.9 Å². The molecule has 4 rings (SSSR count). The maximum atomic E-state index is 13.3. The second kappa shape index (κ2) is 8.41. The highest BCUT2D eigenvalue weighted by Gasteiger charge is 2.27. The van der Waals surface area contributed by atoms with Crippen LogP contribution in [0.2, 0.25) is 0 Å². The molecule has 1 aliphatic rings. The van der Waals surface area contributed by atoms with Gasteiger partial charge in [0.25, 0.3) is 11.8 Å². The van der Waals surface area contributed by atoms with Crippen molar-refractivity contribution >= 4 is 17.5 Å². The molecule has 2 heterocycles. The van der Waals surface area contributed by atoms with Crippen LogP contribution in [0.15, 0.2) is 54.7 Å². The van der Waals surface area contributed by atoms with Gasteiger partial charge in [-0.3, -0.25) is 14.6 Å². The number of carbonyl (C=O) groups is 2. The van der Waals surface area contributed by atoms with Crippen molar-refractivity contribution in [2.24, 2.45) is 0 Å². The van der Waals surface area contributed by atoms with Crippen LogP contribution in [-0.2, 0) is 12.8 Å². The summed E-state index contributed by atoms with van der Waals surface area (Å²) in [6, 6.07) is 17.0. The molecule has 2 amide bonds. The Morgan fingerprint density at radius 2 is 2.03 bits per heavy atom. The Kier molecular flexibility index (Phi) is 5.50. The SMILES string of the molecule is CNC(=O)c1ccc(Cc2cc3c(cc2C)CCN(c2ccccc2C#N)C3=O)cn1. The number of aryl methyl sites for hydroxylation is 1. The number of anilines is 1. The maximum absolute atomic E-state index is 13.3. The van der Waals surface area contributed by atoms with E-state index in [0.717, 1.165) is 28.7 Å². The van der Waals surface area contributed by atoms with E-state index in [-0.39, 0.29) is 11.8 Å². The summed E-state index contributed by atoms with van der Waals surface area (Å²) in [4.78, 5) is 30.9. The van der Waals surface area contributed by atoms with Crippen molar-refractivity contribution in [3.8, 4) is 6.07 Å². The van der Waals surface area contributed by atoms with E-state index in [2.05, 4.69) is 22.4 Å². The van der Waals surface area contributed by atoms with Crippen LogP contribution < -0.4 is 10.2 Å². The van der Waals surface area contributed by atoms with Gasteiger partial charge in [0.1, 0.15) is 11.8 Å². The molecule has 1 aromatic heterocycles. The molecular weight excluding hydrogens is 388 g/mol. The molecule has 2 aromatic carbocycles. The minimum Gasteiger partial charge on any atom is -0.354 e. The fourth-order valence-corrected chi connectivity index (χ4v) is 3.93. The number of hydrogen-bond donors (Lipinski definition) is 1. The summed E-state index contributed by atoms with van der Waals surface area (Å²) in [5.74, 6) is -0.307. The molecule has 0 saturated carbocycles. The minimum atomic E-state index is -0.222. The highest BCUT2D eigenvalue weighted by atomic mass is 16.2. The molecule has 0 unspecified atom stereocenters. The van der Waals surface area contributed by atoms with Crippen molar-refractivity contribution < 1.29 is 9.59 Å². The van der Waals surface area contributed by atoms with Crippen molar-refractivity contribution in [1.82, 2.24) is 10.3 Å². The van der Waals surface area contributed by atoms with Gasteiger partial charge >= 0.3 is 0 Å². The lowest BCUT2D eigenvalue weighted by molar-refractivity contribution is 0.0955. The van der Waals surface area contributed by atoms with Crippen LogP contribution >= 0.6 is 0 Å². The molecule has 31 heavy (non-hydrogen) atoms. The Hall–Kier alpha value is -3.98. The van der Waals surface area contributed by atoms with Crippen molar-refractivity contribution in [2.75, 3.05) is 18.5 Å². The molecule has 0 bridgehead atoms. The number of nitrogens with one attached hydrogen (secondary N) is 1. The van der Waals surface area contributed by atoms with Crippen LogP contribution in [0.4, 0.5) is 5.69 Å². The van der Waals surface area contributed by atoms with Crippen LogP contribution in [0, 0.1) is 18.3 Å². The monoisotopic (exact) mass is 410 g/mol. The van der Waals surface area contributed by atoms with E-state index in [1.165, 1.54) is 0 Å². The number of carbonyl (C=O) groups excluding carboxylic acids is 2. The van der Waals surface area contributed by atoms with Gasteiger partial charge in [-0.25, -0.2) is 0 Å². The Morgan fingerprint density at radius 3 is 2.74 bits per heavy atom. The first-order valence-corrected chi connectivity index (χ1v) is 10.1. The molecule has 0 atom stereocenters. The predicted octanol–water partition coefficient (Wildman–Crippen LogP) is 3.42. The standard InChI is InChI=1S/C25H22N4O2/c1-16-11-18-9-10-29(23-6-4-3-5-19(23)14-26)25(31)21(18)13-20(16)12-17-7-8-22(28-15-17)24(30)27-2/h3-8,11,13,15H,9-10,12H2,1-2H3,(H,27,30). The molecule has 3 aromatic rings. The summed E-state index contributed by atoms with van der Waals surface area (Å²) in [6.07, 6.45) is 3.05. The Labute approximate surface area is 181 Å².